The maximum Gasteiger partial charge on any atom is -0.0326 e. The van der Waals surface area contributed by atoms with Gasteiger partial charge in [-0.05, 0) is 47.8 Å². The van der Waals surface area contributed by atoms with Crippen molar-refractivity contribution in [3.05, 3.63) is 0 Å². The van der Waals surface area contributed by atoms with Gasteiger partial charge in [-0.15, -0.1) is 0 Å². The molecule has 0 heteroatoms. The van der Waals surface area contributed by atoms with E-state index in [9.17, 15) is 0 Å². The first kappa shape index (κ1) is 12.5. The van der Waals surface area contributed by atoms with E-state index >= 15 is 0 Å². The van der Waals surface area contributed by atoms with Crippen LogP contribution in [0.25, 0.3) is 0 Å². The minimum absolute atomic E-state index is 0.589. The van der Waals surface area contributed by atoms with E-state index in [0.29, 0.717) is 5.41 Å². The molecule has 5 atom stereocenters. The number of rotatable bonds is 4. The molecule has 16 heavy (non-hydrogen) atoms. The fourth-order valence-corrected chi connectivity index (χ4v) is 5.00. The molecule has 0 nitrogen and oxygen atoms in total. The first-order valence-corrected chi connectivity index (χ1v) is 7.55. The first-order chi connectivity index (χ1) is 7.55. The summed E-state index contributed by atoms with van der Waals surface area (Å²) in [5, 5.41) is 0. The molecule has 2 saturated carbocycles. The van der Waals surface area contributed by atoms with Gasteiger partial charge in [-0.2, -0.15) is 0 Å². The molecule has 2 bridgehead atoms. The van der Waals surface area contributed by atoms with E-state index in [1.54, 1.807) is 12.8 Å². The zero-order valence-electron chi connectivity index (χ0n) is 11.9. The van der Waals surface area contributed by atoms with Gasteiger partial charge >= 0.3 is 0 Å². The van der Waals surface area contributed by atoms with Crippen molar-refractivity contribution in [2.45, 2.75) is 66.7 Å². The Bertz CT molecular complexity index is 240. The van der Waals surface area contributed by atoms with E-state index in [-0.39, 0.29) is 0 Å². The predicted octanol–water partition coefficient (Wildman–Crippen LogP) is 5.13. The fraction of sp³-hybridized carbons (Fsp3) is 1.00. The SMILES string of the molecule is CCC1C2CC(C1CC)C(C(C)(C)CC)C2. The lowest BCUT2D eigenvalue weighted by Gasteiger charge is -2.43. The number of hydrogen-bond acceptors (Lipinski definition) is 0. The number of hydrogen-bond donors (Lipinski definition) is 0. The minimum Gasteiger partial charge on any atom is -0.0651 e. The molecule has 0 heterocycles. The molecule has 0 saturated heterocycles. The Hall–Kier alpha value is 0. The van der Waals surface area contributed by atoms with Gasteiger partial charge in [0.05, 0.1) is 0 Å². The Kier molecular flexibility index (Phi) is 3.39. The molecule has 0 amide bonds. The molecule has 5 unspecified atom stereocenters. The third-order valence-corrected chi connectivity index (χ3v) is 6.21. The van der Waals surface area contributed by atoms with Crippen LogP contribution in [0.3, 0.4) is 0 Å². The van der Waals surface area contributed by atoms with Gasteiger partial charge in [0.25, 0.3) is 0 Å². The molecule has 0 aliphatic heterocycles. The smallest absolute Gasteiger partial charge is 0.0326 e. The summed E-state index contributed by atoms with van der Waals surface area (Å²) in [7, 11) is 0. The number of fused-ring (bicyclic) bond motifs is 2. The molecule has 2 fully saturated rings. The van der Waals surface area contributed by atoms with Crippen LogP contribution in [0.15, 0.2) is 0 Å². The van der Waals surface area contributed by atoms with Crippen LogP contribution >= 0.6 is 0 Å². The van der Waals surface area contributed by atoms with Gasteiger partial charge in [0.2, 0.25) is 0 Å². The van der Waals surface area contributed by atoms with Crippen molar-refractivity contribution in [1.82, 2.24) is 0 Å². The predicted molar refractivity (Wildman–Crippen MR) is 71.3 cm³/mol. The highest BCUT2D eigenvalue weighted by Crippen LogP contribution is 2.61. The van der Waals surface area contributed by atoms with Crippen LogP contribution in [0.5, 0.6) is 0 Å². The molecule has 0 aromatic carbocycles. The Morgan fingerprint density at radius 3 is 2.06 bits per heavy atom. The highest BCUT2D eigenvalue weighted by molar-refractivity contribution is 5.03. The molecular weight excluding hydrogens is 192 g/mol. The van der Waals surface area contributed by atoms with Gasteiger partial charge in [-0.3, -0.25) is 0 Å². The van der Waals surface area contributed by atoms with E-state index in [2.05, 4.69) is 34.6 Å². The molecule has 0 radical (unpaired) electrons. The monoisotopic (exact) mass is 222 g/mol. The second kappa shape index (κ2) is 4.35. The average molecular weight is 222 g/mol. The van der Waals surface area contributed by atoms with E-state index in [1.807, 2.05) is 0 Å². The highest BCUT2D eigenvalue weighted by Gasteiger charge is 2.53. The van der Waals surface area contributed by atoms with Crippen LogP contribution in [0.1, 0.15) is 66.7 Å². The molecule has 0 aromatic rings. The molecule has 0 spiro atoms. The van der Waals surface area contributed by atoms with E-state index in [1.165, 1.54) is 19.3 Å². The minimum atomic E-state index is 0.589. The lowest BCUT2D eigenvalue weighted by molar-refractivity contribution is 0.0636. The lowest BCUT2D eigenvalue weighted by atomic mass is 9.62. The van der Waals surface area contributed by atoms with Crippen molar-refractivity contribution in [1.29, 1.82) is 0 Å². The van der Waals surface area contributed by atoms with Crippen LogP contribution < -0.4 is 0 Å². The zero-order valence-corrected chi connectivity index (χ0v) is 11.9. The van der Waals surface area contributed by atoms with Gasteiger partial charge in [0.15, 0.2) is 0 Å². The van der Waals surface area contributed by atoms with Gasteiger partial charge < -0.3 is 0 Å². The van der Waals surface area contributed by atoms with Crippen LogP contribution in [0.4, 0.5) is 0 Å². The topological polar surface area (TPSA) is 0 Å². The Labute approximate surface area is 102 Å². The lowest BCUT2D eigenvalue weighted by Crippen LogP contribution is -2.35. The molecular formula is C16H30. The molecule has 2 rings (SSSR count). The maximum atomic E-state index is 2.51. The summed E-state index contributed by atoms with van der Waals surface area (Å²) in [5.41, 5.74) is 0.589. The summed E-state index contributed by atoms with van der Waals surface area (Å²) in [6.45, 7) is 12.2. The maximum absolute atomic E-state index is 2.51. The first-order valence-electron chi connectivity index (χ1n) is 7.55. The van der Waals surface area contributed by atoms with Crippen LogP contribution in [-0.4, -0.2) is 0 Å². The summed E-state index contributed by atoms with van der Waals surface area (Å²) >= 11 is 0. The van der Waals surface area contributed by atoms with Crippen LogP contribution in [0.2, 0.25) is 0 Å². The van der Waals surface area contributed by atoms with Gasteiger partial charge in [-0.1, -0.05) is 53.9 Å². The molecule has 2 aliphatic carbocycles. The normalized spacial score (nSPS) is 42.9. The van der Waals surface area contributed by atoms with Crippen LogP contribution in [0, 0.1) is 35.0 Å². The quantitative estimate of drug-likeness (QED) is 0.618. The summed E-state index contributed by atoms with van der Waals surface area (Å²) in [5.74, 6) is 5.29. The van der Waals surface area contributed by atoms with Gasteiger partial charge in [0, 0.05) is 0 Å². The summed E-state index contributed by atoms with van der Waals surface area (Å²) in [4.78, 5) is 0. The van der Waals surface area contributed by atoms with Crippen molar-refractivity contribution in [3.8, 4) is 0 Å². The Morgan fingerprint density at radius 1 is 0.938 bits per heavy atom. The molecule has 2 aliphatic rings. The van der Waals surface area contributed by atoms with Crippen molar-refractivity contribution < 1.29 is 0 Å². The fourth-order valence-electron chi connectivity index (χ4n) is 5.00. The van der Waals surface area contributed by atoms with Crippen molar-refractivity contribution in [3.63, 3.8) is 0 Å². The van der Waals surface area contributed by atoms with Crippen LogP contribution in [-0.2, 0) is 0 Å². The van der Waals surface area contributed by atoms with Crippen molar-refractivity contribution in [2.75, 3.05) is 0 Å². The standard InChI is InChI=1S/C16H30/c1-6-12-11-9-14(13(12)7-2)15(10-11)16(4,5)8-3/h11-15H,6-10H2,1-5H3. The second-order valence-electron chi connectivity index (χ2n) is 6.99. The average Bonchev–Trinajstić information content (AvgIpc) is 2.85. The van der Waals surface area contributed by atoms with Crippen molar-refractivity contribution in [2.24, 2.45) is 35.0 Å². The van der Waals surface area contributed by atoms with E-state index in [4.69, 9.17) is 0 Å². The van der Waals surface area contributed by atoms with Crippen molar-refractivity contribution >= 4 is 0 Å². The van der Waals surface area contributed by atoms with E-state index in [0.717, 1.165) is 29.6 Å². The molecule has 94 valence electrons. The summed E-state index contributed by atoms with van der Waals surface area (Å²) < 4.78 is 0. The largest absolute Gasteiger partial charge is 0.0651 e. The third kappa shape index (κ3) is 1.73. The zero-order chi connectivity index (χ0) is 11.9. The van der Waals surface area contributed by atoms with E-state index < -0.39 is 0 Å². The second-order valence-corrected chi connectivity index (χ2v) is 6.99. The summed E-state index contributed by atoms with van der Waals surface area (Å²) in [6, 6.07) is 0. The molecule has 0 aromatic heterocycles. The van der Waals surface area contributed by atoms with Gasteiger partial charge in [0.1, 0.15) is 0 Å². The Morgan fingerprint density at radius 2 is 1.56 bits per heavy atom. The Balaban J connectivity index is 2.14. The summed E-state index contributed by atoms with van der Waals surface area (Å²) in [6.07, 6.45) is 7.31. The molecule has 0 N–H and O–H groups in total. The van der Waals surface area contributed by atoms with Gasteiger partial charge in [-0.25, -0.2) is 0 Å². The highest BCUT2D eigenvalue weighted by atomic mass is 14.6. The third-order valence-electron chi connectivity index (χ3n) is 6.21.